The highest BCUT2D eigenvalue weighted by Gasteiger charge is 2.43. The number of aliphatic hydroxyl groups excluding tert-OH is 2. The van der Waals surface area contributed by atoms with E-state index in [2.05, 4.69) is 15.6 Å². The lowest BCUT2D eigenvalue weighted by atomic mass is 9.99. The average Bonchev–Trinajstić information content (AvgIpc) is 2.46. The molecule has 3 rings (SSSR count). The van der Waals surface area contributed by atoms with Gasteiger partial charge in [-0.15, -0.1) is 0 Å². The highest BCUT2D eigenvalue weighted by Crippen LogP contribution is 2.29. The summed E-state index contributed by atoms with van der Waals surface area (Å²) in [6.07, 6.45) is -2.62. The zero-order valence-corrected chi connectivity index (χ0v) is 11.0. The van der Waals surface area contributed by atoms with Gasteiger partial charge in [-0.25, -0.2) is 0 Å². The van der Waals surface area contributed by atoms with E-state index in [1.54, 1.807) is 0 Å². The molecule has 0 aromatic carbocycles. The van der Waals surface area contributed by atoms with Crippen molar-refractivity contribution in [2.45, 2.75) is 24.5 Å². The molecule has 1 aromatic heterocycles. The van der Waals surface area contributed by atoms with Gasteiger partial charge in [-0.1, -0.05) is 0 Å². The van der Waals surface area contributed by atoms with Gasteiger partial charge in [0.2, 0.25) is 0 Å². The molecule has 9 heteroatoms. The van der Waals surface area contributed by atoms with E-state index in [4.69, 9.17) is 9.47 Å². The zero-order valence-electron chi connectivity index (χ0n) is 11.0. The van der Waals surface area contributed by atoms with Crippen LogP contribution >= 0.6 is 0 Å². The molecule has 2 aliphatic rings. The first-order valence-electron chi connectivity index (χ1n) is 6.18. The molecular weight excluding hydrogens is 268 g/mol. The molecule has 0 aliphatic carbocycles. The van der Waals surface area contributed by atoms with Gasteiger partial charge >= 0.3 is 6.01 Å². The number of rotatable bonds is 1. The van der Waals surface area contributed by atoms with Crippen molar-refractivity contribution in [2.75, 3.05) is 24.4 Å². The number of hydrogen-bond donors (Lipinski definition) is 4. The van der Waals surface area contributed by atoms with Crippen LogP contribution in [-0.2, 0) is 11.8 Å². The van der Waals surface area contributed by atoms with Crippen LogP contribution < -0.4 is 20.9 Å². The summed E-state index contributed by atoms with van der Waals surface area (Å²) in [5, 5.41) is 25.4. The minimum Gasteiger partial charge on any atom is -0.468 e. The topological polar surface area (TPSA) is 118 Å². The third kappa shape index (κ3) is 1.82. The van der Waals surface area contributed by atoms with E-state index < -0.39 is 24.5 Å². The molecule has 0 radical (unpaired) electrons. The van der Waals surface area contributed by atoms with Crippen LogP contribution in [0.2, 0.25) is 0 Å². The molecule has 0 bridgehead atoms. The zero-order chi connectivity index (χ0) is 14.4. The van der Waals surface area contributed by atoms with Crippen LogP contribution in [0.5, 0.6) is 6.01 Å². The van der Waals surface area contributed by atoms with Crippen LogP contribution in [-0.4, -0.2) is 58.0 Å². The number of methoxy groups -OCH3 is 1. The maximum Gasteiger partial charge on any atom is 0.300 e. The van der Waals surface area contributed by atoms with Gasteiger partial charge in [-0.2, -0.15) is 4.98 Å². The Morgan fingerprint density at radius 3 is 2.90 bits per heavy atom. The molecule has 0 spiro atoms. The molecule has 1 saturated heterocycles. The smallest absolute Gasteiger partial charge is 0.300 e. The van der Waals surface area contributed by atoms with E-state index in [1.165, 1.54) is 18.7 Å². The first kappa shape index (κ1) is 13.2. The molecule has 1 aromatic rings. The first-order valence-corrected chi connectivity index (χ1v) is 6.18. The van der Waals surface area contributed by atoms with Gasteiger partial charge in [0, 0.05) is 7.05 Å². The Morgan fingerprint density at radius 1 is 1.45 bits per heavy atom. The summed E-state index contributed by atoms with van der Waals surface area (Å²) in [5.74, 6) is 0.301. The Kier molecular flexibility index (Phi) is 3.04. The minimum absolute atomic E-state index is 0.00826. The Hall–Kier alpha value is -1.84. The number of ether oxygens (including phenoxy) is 2. The molecule has 20 heavy (non-hydrogen) atoms. The van der Waals surface area contributed by atoms with E-state index in [0.29, 0.717) is 5.82 Å². The van der Waals surface area contributed by atoms with Crippen LogP contribution in [0.15, 0.2) is 4.79 Å². The lowest BCUT2D eigenvalue weighted by Crippen LogP contribution is -2.61. The number of aromatic nitrogens is 2. The fourth-order valence-corrected chi connectivity index (χ4v) is 2.42. The van der Waals surface area contributed by atoms with Gasteiger partial charge in [-0.05, 0) is 0 Å². The molecule has 4 N–H and O–H groups in total. The quantitative estimate of drug-likeness (QED) is 0.471. The highest BCUT2D eigenvalue weighted by molar-refractivity contribution is 5.67. The lowest BCUT2D eigenvalue weighted by molar-refractivity contribution is -0.121. The van der Waals surface area contributed by atoms with Crippen molar-refractivity contribution < 1.29 is 19.7 Å². The molecule has 9 nitrogen and oxygen atoms in total. The fourth-order valence-electron chi connectivity index (χ4n) is 2.42. The molecule has 0 unspecified atom stereocenters. The Bertz CT molecular complexity index is 589. The van der Waals surface area contributed by atoms with Crippen molar-refractivity contribution in [3.05, 3.63) is 10.4 Å². The third-order valence-corrected chi connectivity index (χ3v) is 3.56. The standard InChI is InChI=1S/C11H16N4O5/c1-15-10(18)6-8(14-11(15)19-2)13-9-5(12-6)7(17)4(16)3-20-9/h4-5,7,9,12-13,16-17H,3H2,1-2H3/t4-,5+,7-,9-/m0/s1. The van der Waals surface area contributed by atoms with Crippen LogP contribution in [0.3, 0.4) is 0 Å². The van der Waals surface area contributed by atoms with E-state index in [1.807, 2.05) is 0 Å². The summed E-state index contributed by atoms with van der Waals surface area (Å²) in [6, 6.07) is -0.466. The highest BCUT2D eigenvalue weighted by atomic mass is 16.5. The summed E-state index contributed by atoms with van der Waals surface area (Å²) in [5.41, 5.74) is -0.128. The maximum absolute atomic E-state index is 12.2. The lowest BCUT2D eigenvalue weighted by Gasteiger charge is -2.42. The van der Waals surface area contributed by atoms with E-state index in [0.717, 1.165) is 0 Å². The van der Waals surface area contributed by atoms with Crippen molar-refractivity contribution in [3.63, 3.8) is 0 Å². The van der Waals surface area contributed by atoms with Crippen LogP contribution in [0.4, 0.5) is 11.5 Å². The van der Waals surface area contributed by atoms with Crippen LogP contribution in [0.25, 0.3) is 0 Å². The number of hydrogen-bond acceptors (Lipinski definition) is 8. The number of aliphatic hydroxyl groups is 2. The van der Waals surface area contributed by atoms with Crippen LogP contribution in [0.1, 0.15) is 0 Å². The van der Waals surface area contributed by atoms with Crippen LogP contribution in [0, 0.1) is 0 Å². The van der Waals surface area contributed by atoms with Gasteiger partial charge in [-0.3, -0.25) is 9.36 Å². The Balaban J connectivity index is 2.03. The number of nitrogens with zero attached hydrogens (tertiary/aromatic N) is 2. The second-order valence-electron chi connectivity index (χ2n) is 4.81. The van der Waals surface area contributed by atoms with Gasteiger partial charge < -0.3 is 30.3 Å². The molecule has 2 aliphatic heterocycles. The normalized spacial score (nSPS) is 31.6. The fraction of sp³-hybridized carbons (Fsp3) is 0.636. The van der Waals surface area contributed by atoms with Crippen molar-refractivity contribution in [1.29, 1.82) is 0 Å². The molecule has 0 amide bonds. The SMILES string of the molecule is COc1nc2c(c(=O)n1C)N[C@@H]1[C@@H](O)[C@@H](O)CO[C@@H]1N2. The molecule has 110 valence electrons. The Morgan fingerprint density at radius 2 is 2.20 bits per heavy atom. The average molecular weight is 284 g/mol. The second-order valence-corrected chi connectivity index (χ2v) is 4.81. The molecular formula is C11H16N4O5. The summed E-state index contributed by atoms with van der Waals surface area (Å²) in [4.78, 5) is 16.4. The summed E-state index contributed by atoms with van der Waals surface area (Å²) in [7, 11) is 2.95. The van der Waals surface area contributed by atoms with E-state index in [-0.39, 0.29) is 23.9 Å². The minimum atomic E-state index is -1.04. The van der Waals surface area contributed by atoms with E-state index >= 15 is 0 Å². The van der Waals surface area contributed by atoms with E-state index in [9.17, 15) is 15.0 Å². The first-order chi connectivity index (χ1) is 9.52. The second kappa shape index (κ2) is 4.62. The number of anilines is 2. The Labute approximate surface area is 114 Å². The van der Waals surface area contributed by atoms with Gasteiger partial charge in [0.1, 0.15) is 17.9 Å². The van der Waals surface area contributed by atoms with Crippen molar-refractivity contribution in [3.8, 4) is 6.01 Å². The predicted octanol–water partition coefficient (Wildman–Crippen LogP) is -1.93. The molecule has 0 saturated carbocycles. The summed E-state index contributed by atoms with van der Waals surface area (Å²) in [6.45, 7) is 0.00826. The summed E-state index contributed by atoms with van der Waals surface area (Å²) < 4.78 is 11.7. The predicted molar refractivity (Wildman–Crippen MR) is 68.8 cm³/mol. The van der Waals surface area contributed by atoms with Gasteiger partial charge in [0.05, 0.1) is 19.8 Å². The number of nitrogens with one attached hydrogen (secondary N) is 2. The van der Waals surface area contributed by atoms with Gasteiger partial charge in [0.25, 0.3) is 5.56 Å². The van der Waals surface area contributed by atoms with Crippen molar-refractivity contribution in [1.82, 2.24) is 9.55 Å². The monoisotopic (exact) mass is 284 g/mol. The summed E-state index contributed by atoms with van der Waals surface area (Å²) >= 11 is 0. The third-order valence-electron chi connectivity index (χ3n) is 3.56. The molecule has 1 fully saturated rings. The van der Waals surface area contributed by atoms with Gasteiger partial charge in [0.15, 0.2) is 12.0 Å². The molecule has 3 heterocycles. The largest absolute Gasteiger partial charge is 0.468 e. The van der Waals surface area contributed by atoms with Crippen molar-refractivity contribution >= 4 is 11.5 Å². The number of fused-ring (bicyclic) bond motifs is 2. The maximum atomic E-state index is 12.2. The van der Waals surface area contributed by atoms with Crippen molar-refractivity contribution in [2.24, 2.45) is 7.05 Å². The molecule has 4 atom stereocenters.